The van der Waals surface area contributed by atoms with Crippen molar-refractivity contribution < 1.29 is 18.6 Å². The molecule has 0 bridgehead atoms. The molecule has 15 heavy (non-hydrogen) atoms. The van der Waals surface area contributed by atoms with Gasteiger partial charge in [0.05, 0.1) is 18.5 Å². The van der Waals surface area contributed by atoms with Crippen molar-refractivity contribution in [1.29, 1.82) is 0 Å². The molecular weight excluding hydrogens is 216 g/mol. The van der Waals surface area contributed by atoms with Gasteiger partial charge < -0.3 is 10.2 Å². The first-order valence-electron chi connectivity index (χ1n) is 5.35. The Morgan fingerprint density at radius 3 is 2.20 bits per heavy atom. The van der Waals surface area contributed by atoms with Gasteiger partial charge in [-0.05, 0) is 18.8 Å². The summed E-state index contributed by atoms with van der Waals surface area (Å²) in [5.74, 6) is 0.191. The third-order valence-electron chi connectivity index (χ3n) is 3.84. The Bertz CT molecular complexity index is 305. The highest BCUT2D eigenvalue weighted by molar-refractivity contribution is 7.92. The lowest BCUT2D eigenvalue weighted by molar-refractivity contribution is 0.0287. The summed E-state index contributed by atoms with van der Waals surface area (Å²) in [6.45, 7) is 3.26. The Morgan fingerprint density at radius 1 is 1.33 bits per heavy atom. The van der Waals surface area contributed by atoms with Crippen molar-refractivity contribution in [1.82, 2.24) is 0 Å². The molecule has 0 aliphatic heterocycles. The molecule has 5 heteroatoms. The molecule has 1 saturated carbocycles. The van der Waals surface area contributed by atoms with Crippen molar-refractivity contribution in [3.8, 4) is 0 Å². The maximum absolute atomic E-state index is 11.7. The molecule has 0 heterocycles. The maximum atomic E-state index is 11.7. The van der Waals surface area contributed by atoms with Gasteiger partial charge in [-0.2, -0.15) is 0 Å². The predicted octanol–water partition coefficient (Wildman–Crippen LogP) is 0.191. The lowest BCUT2D eigenvalue weighted by atomic mass is 9.80. The van der Waals surface area contributed by atoms with Crippen LogP contribution in [0.5, 0.6) is 0 Å². The van der Waals surface area contributed by atoms with E-state index in [0.717, 1.165) is 0 Å². The van der Waals surface area contributed by atoms with Crippen LogP contribution in [0.2, 0.25) is 0 Å². The Balaban J connectivity index is 2.89. The molecule has 0 unspecified atom stereocenters. The third-order valence-corrected chi connectivity index (χ3v) is 6.02. The molecule has 1 rings (SSSR count). The zero-order chi connectivity index (χ0) is 11.7. The van der Waals surface area contributed by atoms with Crippen molar-refractivity contribution in [3.05, 3.63) is 0 Å². The van der Waals surface area contributed by atoms with Gasteiger partial charge in [-0.3, -0.25) is 0 Å². The van der Waals surface area contributed by atoms with Crippen LogP contribution in [-0.2, 0) is 9.84 Å². The number of sulfone groups is 1. The molecule has 4 nitrogen and oxygen atoms in total. The third kappa shape index (κ3) is 2.19. The summed E-state index contributed by atoms with van der Waals surface area (Å²) in [5, 5.41) is 18.2. The predicted molar refractivity (Wildman–Crippen MR) is 58.3 cm³/mol. The van der Waals surface area contributed by atoms with Crippen LogP contribution in [0, 0.1) is 11.3 Å². The van der Waals surface area contributed by atoms with E-state index in [2.05, 4.69) is 0 Å². The number of hydrogen-bond donors (Lipinski definition) is 2. The quantitative estimate of drug-likeness (QED) is 0.731. The lowest BCUT2D eigenvalue weighted by Crippen LogP contribution is -2.33. The maximum Gasteiger partial charge on any atom is 0.152 e. The fourth-order valence-electron chi connectivity index (χ4n) is 2.38. The minimum Gasteiger partial charge on any atom is -0.396 e. The van der Waals surface area contributed by atoms with Crippen LogP contribution in [0.1, 0.15) is 26.7 Å². The average molecular weight is 236 g/mol. The molecule has 2 N–H and O–H groups in total. The van der Waals surface area contributed by atoms with E-state index in [1.807, 2.05) is 6.92 Å². The Labute approximate surface area is 91.2 Å². The number of aliphatic hydroxyl groups is 2. The second-order valence-electron chi connectivity index (χ2n) is 4.59. The largest absolute Gasteiger partial charge is 0.396 e. The zero-order valence-corrected chi connectivity index (χ0v) is 10.1. The summed E-state index contributed by atoms with van der Waals surface area (Å²) in [5.41, 5.74) is -0.604. The zero-order valence-electron chi connectivity index (χ0n) is 9.31. The average Bonchev–Trinajstić information content (AvgIpc) is 2.57. The summed E-state index contributed by atoms with van der Waals surface area (Å²) in [7, 11) is -3.04. The van der Waals surface area contributed by atoms with Gasteiger partial charge in [0.25, 0.3) is 0 Å². The number of aliphatic hydroxyl groups excluding tert-OH is 2. The van der Waals surface area contributed by atoms with Crippen LogP contribution in [-0.4, -0.2) is 42.8 Å². The van der Waals surface area contributed by atoms with E-state index < -0.39 is 20.5 Å². The van der Waals surface area contributed by atoms with Crippen molar-refractivity contribution in [2.75, 3.05) is 19.0 Å². The van der Waals surface area contributed by atoms with E-state index in [1.54, 1.807) is 6.92 Å². The molecule has 90 valence electrons. The van der Waals surface area contributed by atoms with Crippen molar-refractivity contribution >= 4 is 9.84 Å². The highest BCUT2D eigenvalue weighted by Gasteiger charge is 2.47. The second kappa shape index (κ2) is 4.39. The summed E-state index contributed by atoms with van der Waals surface area (Å²) in [6, 6.07) is 0. The van der Waals surface area contributed by atoms with Gasteiger partial charge in [-0.15, -0.1) is 0 Å². The van der Waals surface area contributed by atoms with Crippen LogP contribution in [0.25, 0.3) is 0 Å². The Morgan fingerprint density at radius 2 is 1.87 bits per heavy atom. The van der Waals surface area contributed by atoms with Crippen LogP contribution < -0.4 is 0 Å². The lowest BCUT2D eigenvalue weighted by Gasteiger charge is -2.28. The molecule has 1 aliphatic rings. The first-order valence-corrected chi connectivity index (χ1v) is 7.06. The van der Waals surface area contributed by atoms with Crippen molar-refractivity contribution in [2.24, 2.45) is 11.3 Å². The van der Waals surface area contributed by atoms with Gasteiger partial charge >= 0.3 is 0 Å². The molecule has 2 atom stereocenters. The van der Waals surface area contributed by atoms with E-state index >= 15 is 0 Å². The van der Waals surface area contributed by atoms with E-state index in [9.17, 15) is 18.6 Å². The van der Waals surface area contributed by atoms with Crippen molar-refractivity contribution in [3.63, 3.8) is 0 Å². The first kappa shape index (κ1) is 12.9. The highest BCUT2D eigenvalue weighted by atomic mass is 32.2. The molecular formula is C10H20O4S. The number of rotatable bonds is 4. The minimum absolute atomic E-state index is 0.0545. The molecule has 0 spiro atoms. The first-order chi connectivity index (χ1) is 6.91. The van der Waals surface area contributed by atoms with Crippen LogP contribution >= 0.6 is 0 Å². The fraction of sp³-hybridized carbons (Fsp3) is 1.00. The van der Waals surface area contributed by atoms with Crippen LogP contribution in [0.3, 0.4) is 0 Å². The monoisotopic (exact) mass is 236 g/mol. The molecule has 0 aromatic rings. The van der Waals surface area contributed by atoms with Crippen molar-refractivity contribution in [2.45, 2.75) is 31.9 Å². The molecule has 0 radical (unpaired) electrons. The SMILES string of the molecule is CCS(=O)(=O)[C@H]1C[C@@H](C)C(CO)(CO)C1. The second-order valence-corrected chi connectivity index (χ2v) is 7.16. The van der Waals surface area contributed by atoms with Gasteiger partial charge in [-0.1, -0.05) is 13.8 Å². The Hall–Kier alpha value is -0.130. The number of hydrogen-bond acceptors (Lipinski definition) is 4. The topological polar surface area (TPSA) is 74.6 Å². The van der Waals surface area contributed by atoms with Crippen LogP contribution in [0.4, 0.5) is 0 Å². The summed E-state index contributed by atoms with van der Waals surface area (Å²) >= 11 is 0. The molecule has 0 amide bonds. The van der Waals surface area contributed by atoms with E-state index in [-0.39, 0.29) is 24.9 Å². The highest BCUT2D eigenvalue weighted by Crippen LogP contribution is 2.45. The summed E-state index contributed by atoms with van der Waals surface area (Å²) < 4.78 is 23.4. The van der Waals surface area contributed by atoms with Gasteiger partial charge in [0.2, 0.25) is 0 Å². The molecule has 0 saturated heterocycles. The van der Waals surface area contributed by atoms with E-state index in [1.165, 1.54) is 0 Å². The van der Waals surface area contributed by atoms with Gasteiger partial charge in [0.15, 0.2) is 9.84 Å². The molecule has 0 aromatic carbocycles. The van der Waals surface area contributed by atoms with Gasteiger partial charge in [0, 0.05) is 11.2 Å². The minimum atomic E-state index is -3.04. The normalized spacial score (nSPS) is 30.7. The van der Waals surface area contributed by atoms with E-state index in [0.29, 0.717) is 12.8 Å². The molecule has 1 fully saturated rings. The molecule has 1 aliphatic carbocycles. The summed E-state index contributed by atoms with van der Waals surface area (Å²) in [4.78, 5) is 0. The molecule has 0 aromatic heterocycles. The summed E-state index contributed by atoms with van der Waals surface area (Å²) in [6.07, 6.45) is 0.939. The standard InChI is InChI=1S/C10H20O4S/c1-3-15(13,14)9-4-8(2)10(5-9,6-11)7-12/h8-9,11-12H,3-7H2,1-2H3/t8-,9+/m1/s1. The smallest absolute Gasteiger partial charge is 0.152 e. The van der Waals surface area contributed by atoms with Crippen LogP contribution in [0.15, 0.2) is 0 Å². The van der Waals surface area contributed by atoms with Gasteiger partial charge in [0.1, 0.15) is 0 Å². The van der Waals surface area contributed by atoms with E-state index in [4.69, 9.17) is 0 Å². The fourth-order valence-corrected chi connectivity index (χ4v) is 4.02. The van der Waals surface area contributed by atoms with Gasteiger partial charge in [-0.25, -0.2) is 8.42 Å². The Kier molecular flexibility index (Phi) is 3.79.